The average Bonchev–Trinajstić information content (AvgIpc) is 2.60. The second-order valence-electron chi connectivity index (χ2n) is 5.55. The van der Waals surface area contributed by atoms with Gasteiger partial charge in [-0.2, -0.15) is 0 Å². The lowest BCUT2D eigenvalue weighted by Crippen LogP contribution is -2.02. The predicted octanol–water partition coefficient (Wildman–Crippen LogP) is 4.89. The zero-order valence-electron chi connectivity index (χ0n) is 14.6. The smallest absolute Gasteiger partial charge is 0.395 e. The second-order valence-corrected chi connectivity index (χ2v) is 6.86. The van der Waals surface area contributed by atoms with Crippen LogP contribution in [-0.4, -0.2) is 18.0 Å². The van der Waals surface area contributed by atoms with Gasteiger partial charge in [-0.1, -0.05) is 13.8 Å². The van der Waals surface area contributed by atoms with E-state index in [1.807, 2.05) is 0 Å². The van der Waals surface area contributed by atoms with Gasteiger partial charge >= 0.3 is 7.82 Å². The molecule has 25 heavy (non-hydrogen) atoms. The summed E-state index contributed by atoms with van der Waals surface area (Å²) in [5, 5.41) is 6.44. The number of hydrogen-bond acceptors (Lipinski definition) is 5. The Morgan fingerprint density at radius 2 is 1.16 bits per heavy atom. The van der Waals surface area contributed by atoms with Crippen LogP contribution in [0.2, 0.25) is 0 Å². The Kier molecular flexibility index (Phi) is 7.16. The SMILES string of the molecule is CCCNc1ccc(OP(=O)(O)Oc2ccc(NCCC)cc2)cc1. The average molecular weight is 364 g/mol. The highest BCUT2D eigenvalue weighted by atomic mass is 31.2. The molecule has 7 heteroatoms. The monoisotopic (exact) mass is 364 g/mol. The lowest BCUT2D eigenvalue weighted by atomic mass is 10.3. The van der Waals surface area contributed by atoms with Gasteiger partial charge in [0.1, 0.15) is 11.5 Å². The van der Waals surface area contributed by atoms with Gasteiger partial charge in [-0.15, -0.1) is 0 Å². The normalized spacial score (nSPS) is 11.0. The highest BCUT2D eigenvalue weighted by Crippen LogP contribution is 2.44. The van der Waals surface area contributed by atoms with Crippen LogP contribution in [0.25, 0.3) is 0 Å². The van der Waals surface area contributed by atoms with Crippen LogP contribution in [0.4, 0.5) is 11.4 Å². The maximum Gasteiger partial charge on any atom is 0.584 e. The second kappa shape index (κ2) is 9.35. The molecule has 2 aromatic rings. The Balaban J connectivity index is 1.93. The molecule has 0 aliphatic rings. The number of nitrogens with one attached hydrogen (secondary N) is 2. The third-order valence-electron chi connectivity index (χ3n) is 3.31. The predicted molar refractivity (Wildman–Crippen MR) is 102 cm³/mol. The van der Waals surface area contributed by atoms with Crippen LogP contribution in [0.3, 0.4) is 0 Å². The summed E-state index contributed by atoms with van der Waals surface area (Å²) in [5.41, 5.74) is 1.86. The molecule has 2 rings (SSSR count). The van der Waals surface area contributed by atoms with E-state index in [4.69, 9.17) is 9.05 Å². The summed E-state index contributed by atoms with van der Waals surface area (Å²) in [6.07, 6.45) is 2.04. The van der Waals surface area contributed by atoms with Gasteiger partial charge in [-0.05, 0) is 61.4 Å². The maximum atomic E-state index is 12.1. The van der Waals surface area contributed by atoms with E-state index in [-0.39, 0.29) is 11.5 Å². The molecule has 2 aromatic carbocycles. The summed E-state index contributed by atoms with van der Waals surface area (Å²) in [5.74, 6) is 0.545. The molecular formula is C18H25N2O4P. The van der Waals surface area contributed by atoms with E-state index < -0.39 is 7.82 Å². The van der Waals surface area contributed by atoms with Crippen molar-refractivity contribution < 1.29 is 18.5 Å². The van der Waals surface area contributed by atoms with E-state index in [9.17, 15) is 9.46 Å². The van der Waals surface area contributed by atoms with Crippen LogP contribution in [0, 0.1) is 0 Å². The van der Waals surface area contributed by atoms with Crippen molar-refractivity contribution in [3.05, 3.63) is 48.5 Å². The van der Waals surface area contributed by atoms with Crippen molar-refractivity contribution in [3.8, 4) is 11.5 Å². The number of hydrogen-bond donors (Lipinski definition) is 3. The fourth-order valence-electron chi connectivity index (χ4n) is 2.09. The van der Waals surface area contributed by atoms with Gasteiger partial charge in [0.2, 0.25) is 0 Å². The first-order chi connectivity index (χ1) is 12.0. The van der Waals surface area contributed by atoms with Gasteiger partial charge < -0.3 is 19.7 Å². The minimum absolute atomic E-state index is 0.272. The van der Waals surface area contributed by atoms with Gasteiger partial charge in [-0.25, -0.2) is 4.57 Å². The maximum absolute atomic E-state index is 12.1. The molecule has 136 valence electrons. The summed E-state index contributed by atoms with van der Waals surface area (Å²) in [6, 6.07) is 13.7. The summed E-state index contributed by atoms with van der Waals surface area (Å²) in [4.78, 5) is 9.92. The first-order valence-corrected chi connectivity index (χ1v) is 9.92. The van der Waals surface area contributed by atoms with Crippen molar-refractivity contribution in [2.24, 2.45) is 0 Å². The minimum atomic E-state index is -4.25. The van der Waals surface area contributed by atoms with Gasteiger partial charge in [0.05, 0.1) is 0 Å². The molecule has 0 unspecified atom stereocenters. The van der Waals surface area contributed by atoms with E-state index >= 15 is 0 Å². The van der Waals surface area contributed by atoms with Crippen LogP contribution < -0.4 is 19.7 Å². The van der Waals surface area contributed by atoms with Gasteiger partial charge in [0.15, 0.2) is 0 Å². The molecule has 6 nitrogen and oxygen atoms in total. The molecule has 0 saturated heterocycles. The largest absolute Gasteiger partial charge is 0.584 e. The summed E-state index contributed by atoms with van der Waals surface area (Å²) < 4.78 is 22.4. The number of anilines is 2. The van der Waals surface area contributed by atoms with Gasteiger partial charge in [0, 0.05) is 24.5 Å². The van der Waals surface area contributed by atoms with E-state index in [2.05, 4.69) is 24.5 Å². The molecule has 0 saturated carbocycles. The van der Waals surface area contributed by atoms with Crippen LogP contribution in [0.5, 0.6) is 11.5 Å². The Morgan fingerprint density at radius 3 is 1.48 bits per heavy atom. The molecule has 0 spiro atoms. The Morgan fingerprint density at radius 1 is 0.800 bits per heavy atom. The molecule has 0 heterocycles. The third-order valence-corrected chi connectivity index (χ3v) is 4.19. The first kappa shape index (κ1) is 19.2. The van der Waals surface area contributed by atoms with Crippen molar-refractivity contribution in [1.82, 2.24) is 0 Å². The molecule has 0 amide bonds. The summed E-state index contributed by atoms with van der Waals surface area (Å²) >= 11 is 0. The van der Waals surface area contributed by atoms with Crippen molar-refractivity contribution in [1.29, 1.82) is 0 Å². The Bertz CT molecular complexity index is 632. The van der Waals surface area contributed by atoms with Gasteiger partial charge in [0.25, 0.3) is 0 Å². The number of phosphoric ester groups is 1. The fourth-order valence-corrected chi connectivity index (χ4v) is 2.90. The number of benzene rings is 2. The van der Waals surface area contributed by atoms with Crippen molar-refractivity contribution in [2.75, 3.05) is 23.7 Å². The first-order valence-electron chi connectivity index (χ1n) is 8.42. The summed E-state index contributed by atoms with van der Waals surface area (Å²) in [7, 11) is -4.25. The van der Waals surface area contributed by atoms with E-state index in [0.29, 0.717) is 0 Å². The summed E-state index contributed by atoms with van der Waals surface area (Å²) in [6.45, 7) is 5.89. The van der Waals surface area contributed by atoms with E-state index in [0.717, 1.165) is 37.3 Å². The van der Waals surface area contributed by atoms with E-state index in [1.165, 1.54) is 0 Å². The molecule has 0 aromatic heterocycles. The van der Waals surface area contributed by atoms with Crippen LogP contribution in [0.1, 0.15) is 26.7 Å². The third kappa shape index (κ3) is 6.69. The van der Waals surface area contributed by atoms with Crippen molar-refractivity contribution >= 4 is 19.2 Å². The highest BCUT2D eigenvalue weighted by molar-refractivity contribution is 7.48. The molecule has 0 atom stereocenters. The highest BCUT2D eigenvalue weighted by Gasteiger charge is 2.25. The fraction of sp³-hybridized carbons (Fsp3) is 0.333. The zero-order valence-corrected chi connectivity index (χ0v) is 15.5. The van der Waals surface area contributed by atoms with Crippen molar-refractivity contribution in [2.45, 2.75) is 26.7 Å². The van der Waals surface area contributed by atoms with Crippen LogP contribution >= 0.6 is 7.82 Å². The molecule has 0 bridgehead atoms. The number of rotatable bonds is 10. The molecule has 0 aliphatic heterocycles. The molecule has 0 radical (unpaired) electrons. The molecule has 0 fully saturated rings. The van der Waals surface area contributed by atoms with Crippen LogP contribution in [0.15, 0.2) is 48.5 Å². The Hall–Kier alpha value is -2.17. The zero-order chi connectivity index (χ0) is 18.1. The topological polar surface area (TPSA) is 79.8 Å². The number of phosphoric acid groups is 1. The molecular weight excluding hydrogens is 339 g/mol. The standard InChI is InChI=1S/C18H25N2O4P/c1-3-13-19-15-5-9-17(10-6-15)23-25(21,22)24-18-11-7-16(8-12-18)20-14-4-2/h5-12,19-20H,3-4,13-14H2,1-2H3,(H,21,22). The Labute approximate surface area is 148 Å². The molecule has 0 aliphatic carbocycles. The van der Waals surface area contributed by atoms with Crippen molar-refractivity contribution in [3.63, 3.8) is 0 Å². The van der Waals surface area contributed by atoms with E-state index in [1.54, 1.807) is 48.5 Å². The van der Waals surface area contributed by atoms with Crippen LogP contribution in [-0.2, 0) is 4.57 Å². The quantitative estimate of drug-likeness (QED) is 0.521. The van der Waals surface area contributed by atoms with Gasteiger partial charge in [-0.3, -0.25) is 4.89 Å². The lowest BCUT2D eigenvalue weighted by molar-refractivity contribution is 0.291. The molecule has 3 N–H and O–H groups in total. The minimum Gasteiger partial charge on any atom is -0.395 e. The lowest BCUT2D eigenvalue weighted by Gasteiger charge is -2.14.